The van der Waals surface area contributed by atoms with E-state index in [-0.39, 0.29) is 0 Å². The fourth-order valence-corrected chi connectivity index (χ4v) is 2.17. The van der Waals surface area contributed by atoms with Gasteiger partial charge in [0.1, 0.15) is 0 Å². The lowest BCUT2D eigenvalue weighted by atomic mass is 9.99. The predicted molar refractivity (Wildman–Crippen MR) is 36.4 cm³/mol. The van der Waals surface area contributed by atoms with Crippen LogP contribution < -0.4 is 0 Å². The molecule has 1 aliphatic carbocycles. The highest BCUT2D eigenvalue weighted by atomic mass is 16.5. The first-order valence-corrected chi connectivity index (χ1v) is 4.05. The van der Waals surface area contributed by atoms with E-state index in [1.165, 1.54) is 38.5 Å². The van der Waals surface area contributed by atoms with Crippen molar-refractivity contribution in [1.29, 1.82) is 0 Å². The molecule has 1 saturated carbocycles. The Morgan fingerprint density at radius 1 is 0.889 bits per heavy atom. The first-order chi connectivity index (χ1) is 4.41. The number of ether oxygens (including phenoxy) is 1. The van der Waals surface area contributed by atoms with Crippen LogP contribution in [0.4, 0.5) is 0 Å². The van der Waals surface area contributed by atoms with Gasteiger partial charge < -0.3 is 4.74 Å². The van der Waals surface area contributed by atoms with Crippen molar-refractivity contribution in [3.63, 3.8) is 0 Å². The maximum absolute atomic E-state index is 5.70. The van der Waals surface area contributed by atoms with Crippen LogP contribution in [0.3, 0.4) is 0 Å². The first kappa shape index (κ1) is 5.72. The van der Waals surface area contributed by atoms with Gasteiger partial charge in [0.05, 0.1) is 5.60 Å². The Morgan fingerprint density at radius 2 is 1.56 bits per heavy atom. The molecule has 0 radical (unpaired) electrons. The highest BCUT2D eigenvalue weighted by Gasteiger charge is 2.37. The van der Waals surface area contributed by atoms with E-state index in [0.717, 1.165) is 6.61 Å². The molecule has 9 heavy (non-hydrogen) atoms. The van der Waals surface area contributed by atoms with Gasteiger partial charge in [-0.3, -0.25) is 0 Å². The van der Waals surface area contributed by atoms with Crippen LogP contribution in [0.1, 0.15) is 38.5 Å². The summed E-state index contributed by atoms with van der Waals surface area (Å²) in [5.41, 5.74) is 0.389. The zero-order valence-corrected chi connectivity index (χ0v) is 5.86. The predicted octanol–water partition coefficient (Wildman–Crippen LogP) is 2.11. The minimum absolute atomic E-state index is 0.389. The van der Waals surface area contributed by atoms with Gasteiger partial charge in [-0.2, -0.15) is 0 Å². The third kappa shape index (κ3) is 0.877. The van der Waals surface area contributed by atoms with Gasteiger partial charge in [-0.1, -0.05) is 12.8 Å². The van der Waals surface area contributed by atoms with Gasteiger partial charge in [-0.25, -0.2) is 0 Å². The van der Waals surface area contributed by atoms with Gasteiger partial charge in [0.15, 0.2) is 0 Å². The van der Waals surface area contributed by atoms with Crippen molar-refractivity contribution in [2.24, 2.45) is 0 Å². The molecule has 0 atom stereocenters. The van der Waals surface area contributed by atoms with Gasteiger partial charge in [-0.05, 0) is 25.7 Å². The SMILES string of the molecule is C1CCC2(C1)CCCO2. The van der Waals surface area contributed by atoms with E-state index in [1.54, 1.807) is 0 Å². The Hall–Kier alpha value is -0.0400. The summed E-state index contributed by atoms with van der Waals surface area (Å²) in [5.74, 6) is 0. The van der Waals surface area contributed by atoms with Crippen LogP contribution in [0.2, 0.25) is 0 Å². The fraction of sp³-hybridized carbons (Fsp3) is 1.00. The average Bonchev–Trinajstić information content (AvgIpc) is 2.45. The number of hydrogen-bond acceptors (Lipinski definition) is 1. The molecule has 0 aromatic rings. The summed E-state index contributed by atoms with van der Waals surface area (Å²) >= 11 is 0. The molecule has 0 bridgehead atoms. The van der Waals surface area contributed by atoms with Crippen molar-refractivity contribution in [1.82, 2.24) is 0 Å². The molecule has 0 N–H and O–H groups in total. The zero-order valence-electron chi connectivity index (χ0n) is 5.86. The minimum Gasteiger partial charge on any atom is -0.375 e. The molecule has 2 rings (SSSR count). The summed E-state index contributed by atoms with van der Waals surface area (Å²) in [4.78, 5) is 0. The molecule has 52 valence electrons. The molecule has 1 saturated heterocycles. The van der Waals surface area contributed by atoms with Gasteiger partial charge in [0.2, 0.25) is 0 Å². The van der Waals surface area contributed by atoms with Crippen molar-refractivity contribution in [2.75, 3.05) is 6.61 Å². The van der Waals surface area contributed by atoms with Crippen LogP contribution in [0.25, 0.3) is 0 Å². The second-order valence-electron chi connectivity index (χ2n) is 3.34. The van der Waals surface area contributed by atoms with Crippen molar-refractivity contribution in [3.05, 3.63) is 0 Å². The summed E-state index contributed by atoms with van der Waals surface area (Å²) < 4.78 is 5.70. The van der Waals surface area contributed by atoms with Crippen LogP contribution in [-0.4, -0.2) is 12.2 Å². The lowest BCUT2D eigenvalue weighted by Gasteiger charge is -2.20. The lowest BCUT2D eigenvalue weighted by molar-refractivity contribution is 0.0105. The van der Waals surface area contributed by atoms with E-state index in [2.05, 4.69) is 0 Å². The quantitative estimate of drug-likeness (QED) is 0.483. The van der Waals surface area contributed by atoms with Crippen LogP contribution in [0.5, 0.6) is 0 Å². The van der Waals surface area contributed by atoms with Crippen LogP contribution in [0.15, 0.2) is 0 Å². The Kier molecular flexibility index (Phi) is 1.26. The minimum atomic E-state index is 0.389. The Labute approximate surface area is 56.4 Å². The van der Waals surface area contributed by atoms with Crippen LogP contribution in [-0.2, 0) is 4.74 Å². The second-order valence-corrected chi connectivity index (χ2v) is 3.34. The summed E-state index contributed by atoms with van der Waals surface area (Å²) in [5, 5.41) is 0. The molecule has 1 aliphatic heterocycles. The summed E-state index contributed by atoms with van der Waals surface area (Å²) in [6.07, 6.45) is 8.13. The molecule has 0 amide bonds. The molecule has 1 nitrogen and oxygen atoms in total. The summed E-state index contributed by atoms with van der Waals surface area (Å²) in [6, 6.07) is 0. The normalized spacial score (nSPS) is 32.0. The lowest BCUT2D eigenvalue weighted by Crippen LogP contribution is -2.21. The summed E-state index contributed by atoms with van der Waals surface area (Å²) in [6.45, 7) is 1.03. The molecular weight excluding hydrogens is 112 g/mol. The molecule has 2 fully saturated rings. The van der Waals surface area contributed by atoms with E-state index < -0.39 is 0 Å². The molecular formula is C8H14O. The molecule has 1 spiro atoms. The maximum atomic E-state index is 5.70. The topological polar surface area (TPSA) is 9.23 Å². The smallest absolute Gasteiger partial charge is 0.0683 e. The van der Waals surface area contributed by atoms with Crippen molar-refractivity contribution in [3.8, 4) is 0 Å². The number of hydrogen-bond donors (Lipinski definition) is 0. The highest BCUT2D eigenvalue weighted by molar-refractivity contribution is 4.89. The monoisotopic (exact) mass is 126 g/mol. The average molecular weight is 126 g/mol. The molecule has 0 aromatic carbocycles. The van der Waals surface area contributed by atoms with Gasteiger partial charge in [0, 0.05) is 6.61 Å². The second kappa shape index (κ2) is 1.98. The van der Waals surface area contributed by atoms with E-state index in [1.807, 2.05) is 0 Å². The molecule has 0 aromatic heterocycles. The van der Waals surface area contributed by atoms with Crippen molar-refractivity contribution >= 4 is 0 Å². The third-order valence-electron chi connectivity index (χ3n) is 2.70. The zero-order chi connectivity index (χ0) is 6.16. The summed E-state index contributed by atoms with van der Waals surface area (Å²) in [7, 11) is 0. The van der Waals surface area contributed by atoms with E-state index in [0.29, 0.717) is 5.60 Å². The maximum Gasteiger partial charge on any atom is 0.0683 e. The molecule has 1 heterocycles. The highest BCUT2D eigenvalue weighted by Crippen LogP contribution is 2.40. The van der Waals surface area contributed by atoms with E-state index >= 15 is 0 Å². The Morgan fingerprint density at radius 3 is 2.11 bits per heavy atom. The van der Waals surface area contributed by atoms with Crippen LogP contribution in [0, 0.1) is 0 Å². The van der Waals surface area contributed by atoms with Crippen LogP contribution >= 0.6 is 0 Å². The number of rotatable bonds is 0. The van der Waals surface area contributed by atoms with E-state index in [9.17, 15) is 0 Å². The Bertz CT molecular complexity index is 79.6. The largest absolute Gasteiger partial charge is 0.375 e. The van der Waals surface area contributed by atoms with Crippen molar-refractivity contribution < 1.29 is 4.74 Å². The van der Waals surface area contributed by atoms with Gasteiger partial charge >= 0.3 is 0 Å². The van der Waals surface area contributed by atoms with Gasteiger partial charge in [0.25, 0.3) is 0 Å². The van der Waals surface area contributed by atoms with Gasteiger partial charge in [-0.15, -0.1) is 0 Å². The standard InChI is InChI=1S/C8H14O/c1-2-5-8(4-1)6-3-7-9-8/h1-7H2. The Balaban J connectivity index is 2.04. The van der Waals surface area contributed by atoms with Crippen molar-refractivity contribution in [2.45, 2.75) is 44.1 Å². The van der Waals surface area contributed by atoms with E-state index in [4.69, 9.17) is 4.74 Å². The first-order valence-electron chi connectivity index (χ1n) is 4.05. The molecule has 2 aliphatic rings. The fourth-order valence-electron chi connectivity index (χ4n) is 2.17. The third-order valence-corrected chi connectivity index (χ3v) is 2.70. The molecule has 0 unspecified atom stereocenters. The molecule has 1 heteroatoms.